The summed E-state index contributed by atoms with van der Waals surface area (Å²) in [6.45, 7) is 0.148. The summed E-state index contributed by atoms with van der Waals surface area (Å²) in [5, 5.41) is 3.14. The molecule has 116 valence electrons. The van der Waals surface area contributed by atoms with Crippen LogP contribution in [0.15, 0.2) is 29.3 Å². The lowest BCUT2D eigenvalue weighted by atomic mass is 9.96. The fourth-order valence-corrected chi connectivity index (χ4v) is 2.52. The van der Waals surface area contributed by atoms with Crippen molar-refractivity contribution in [3.63, 3.8) is 0 Å². The fraction of sp³-hybridized carbons (Fsp3) is 0.533. The van der Waals surface area contributed by atoms with Gasteiger partial charge in [0.15, 0.2) is 5.96 Å². The molecule has 0 radical (unpaired) electrons. The first-order valence-electron chi connectivity index (χ1n) is 7.18. The monoisotopic (exact) mass is 299 g/mol. The highest BCUT2D eigenvalue weighted by atomic mass is 19.4. The maximum Gasteiger partial charge on any atom is 0.416 e. The van der Waals surface area contributed by atoms with E-state index in [1.54, 1.807) is 6.07 Å². The number of halogens is 3. The predicted octanol–water partition coefficient (Wildman–Crippen LogP) is 3.44. The molecule has 0 unspecified atom stereocenters. The van der Waals surface area contributed by atoms with Gasteiger partial charge in [-0.1, -0.05) is 31.4 Å². The van der Waals surface area contributed by atoms with E-state index in [1.165, 1.54) is 25.3 Å². The van der Waals surface area contributed by atoms with Gasteiger partial charge in [-0.3, -0.25) is 0 Å². The van der Waals surface area contributed by atoms with Crippen molar-refractivity contribution in [3.8, 4) is 0 Å². The highest BCUT2D eigenvalue weighted by Crippen LogP contribution is 2.29. The number of nitrogens with zero attached hydrogens (tertiary/aromatic N) is 1. The zero-order valence-corrected chi connectivity index (χ0v) is 11.8. The highest BCUT2D eigenvalue weighted by Gasteiger charge is 2.30. The highest BCUT2D eigenvalue weighted by molar-refractivity contribution is 5.78. The SMILES string of the molecule is NC(=NCc1cccc(C(F)(F)F)c1)NC1CCCCC1. The molecule has 0 heterocycles. The number of benzene rings is 1. The minimum absolute atomic E-state index is 0.148. The van der Waals surface area contributed by atoms with Crippen LogP contribution in [0.4, 0.5) is 13.2 Å². The summed E-state index contributed by atoms with van der Waals surface area (Å²) in [5.74, 6) is 0.305. The van der Waals surface area contributed by atoms with Crippen LogP contribution < -0.4 is 11.1 Å². The summed E-state index contributed by atoms with van der Waals surface area (Å²) in [7, 11) is 0. The zero-order valence-electron chi connectivity index (χ0n) is 11.8. The smallest absolute Gasteiger partial charge is 0.370 e. The lowest BCUT2D eigenvalue weighted by molar-refractivity contribution is -0.137. The van der Waals surface area contributed by atoms with Crippen LogP contribution in [0.2, 0.25) is 0 Å². The van der Waals surface area contributed by atoms with Gasteiger partial charge in [0.1, 0.15) is 0 Å². The third-order valence-corrected chi connectivity index (χ3v) is 3.64. The normalized spacial score (nSPS) is 17.8. The first-order chi connectivity index (χ1) is 9.95. The minimum Gasteiger partial charge on any atom is -0.370 e. The lowest BCUT2D eigenvalue weighted by Crippen LogP contribution is -2.41. The van der Waals surface area contributed by atoms with E-state index in [9.17, 15) is 13.2 Å². The number of rotatable bonds is 3. The molecule has 0 saturated heterocycles. The van der Waals surface area contributed by atoms with E-state index in [2.05, 4.69) is 10.3 Å². The third-order valence-electron chi connectivity index (χ3n) is 3.64. The summed E-state index contributed by atoms with van der Waals surface area (Å²) in [5.41, 5.74) is 5.63. The molecule has 0 atom stereocenters. The van der Waals surface area contributed by atoms with E-state index in [0.29, 0.717) is 17.6 Å². The zero-order chi connectivity index (χ0) is 15.3. The molecule has 0 aliphatic heterocycles. The molecule has 0 aromatic heterocycles. The van der Waals surface area contributed by atoms with Crippen molar-refractivity contribution in [2.75, 3.05) is 0 Å². The molecular weight excluding hydrogens is 279 g/mol. The second kappa shape index (κ2) is 6.83. The molecule has 1 aliphatic carbocycles. The number of alkyl halides is 3. The quantitative estimate of drug-likeness (QED) is 0.663. The Bertz CT molecular complexity index is 491. The fourth-order valence-electron chi connectivity index (χ4n) is 2.52. The molecule has 21 heavy (non-hydrogen) atoms. The number of nitrogens with two attached hydrogens (primary N) is 1. The molecule has 1 aliphatic rings. The Morgan fingerprint density at radius 1 is 1.24 bits per heavy atom. The topological polar surface area (TPSA) is 50.4 Å². The molecule has 3 N–H and O–H groups in total. The number of aliphatic imine (C=N–C) groups is 1. The van der Waals surface area contributed by atoms with E-state index in [-0.39, 0.29) is 6.54 Å². The van der Waals surface area contributed by atoms with Crippen molar-refractivity contribution in [1.82, 2.24) is 5.32 Å². The Morgan fingerprint density at radius 2 is 1.95 bits per heavy atom. The molecule has 1 fully saturated rings. The number of nitrogens with one attached hydrogen (secondary N) is 1. The molecular formula is C15H20F3N3. The molecule has 2 rings (SSSR count). The Morgan fingerprint density at radius 3 is 2.62 bits per heavy atom. The van der Waals surface area contributed by atoms with Gasteiger partial charge in [-0.15, -0.1) is 0 Å². The van der Waals surface area contributed by atoms with Gasteiger partial charge in [0.05, 0.1) is 12.1 Å². The molecule has 1 saturated carbocycles. The molecule has 0 spiro atoms. The summed E-state index contributed by atoms with van der Waals surface area (Å²) in [6, 6.07) is 5.50. The minimum atomic E-state index is -4.33. The van der Waals surface area contributed by atoms with Crippen LogP contribution in [-0.2, 0) is 12.7 Å². The Hall–Kier alpha value is -1.72. The van der Waals surface area contributed by atoms with E-state index < -0.39 is 11.7 Å². The van der Waals surface area contributed by atoms with Crippen molar-refractivity contribution in [2.45, 2.75) is 50.9 Å². The molecule has 6 heteroatoms. The second-order valence-electron chi connectivity index (χ2n) is 5.38. The summed E-state index contributed by atoms with van der Waals surface area (Å²) >= 11 is 0. The van der Waals surface area contributed by atoms with Crippen LogP contribution in [0, 0.1) is 0 Å². The summed E-state index contributed by atoms with van der Waals surface area (Å²) in [6.07, 6.45) is 1.42. The molecule has 0 bridgehead atoms. The van der Waals surface area contributed by atoms with Gasteiger partial charge in [0, 0.05) is 6.04 Å². The van der Waals surface area contributed by atoms with E-state index in [4.69, 9.17) is 5.73 Å². The van der Waals surface area contributed by atoms with Crippen molar-refractivity contribution in [3.05, 3.63) is 35.4 Å². The van der Waals surface area contributed by atoms with Gasteiger partial charge in [0.2, 0.25) is 0 Å². The number of guanidine groups is 1. The van der Waals surface area contributed by atoms with Gasteiger partial charge in [-0.2, -0.15) is 13.2 Å². The first kappa shape index (κ1) is 15.7. The van der Waals surface area contributed by atoms with Crippen LogP contribution in [0.5, 0.6) is 0 Å². The van der Waals surface area contributed by atoms with Crippen molar-refractivity contribution >= 4 is 5.96 Å². The maximum atomic E-state index is 12.6. The molecule has 1 aromatic rings. The molecule has 3 nitrogen and oxygen atoms in total. The first-order valence-corrected chi connectivity index (χ1v) is 7.18. The Labute approximate surface area is 122 Å². The average Bonchev–Trinajstić information content (AvgIpc) is 2.46. The van der Waals surface area contributed by atoms with Crippen molar-refractivity contribution in [1.29, 1.82) is 0 Å². The van der Waals surface area contributed by atoms with Gasteiger partial charge >= 0.3 is 6.18 Å². The summed E-state index contributed by atoms with van der Waals surface area (Å²) < 4.78 is 37.8. The van der Waals surface area contributed by atoms with Gasteiger partial charge in [-0.05, 0) is 30.5 Å². The largest absolute Gasteiger partial charge is 0.416 e. The van der Waals surface area contributed by atoms with Crippen LogP contribution >= 0.6 is 0 Å². The van der Waals surface area contributed by atoms with Crippen LogP contribution in [0.3, 0.4) is 0 Å². The summed E-state index contributed by atoms with van der Waals surface area (Å²) in [4.78, 5) is 4.13. The Kier molecular flexibility index (Phi) is 5.09. The van der Waals surface area contributed by atoms with Gasteiger partial charge in [0.25, 0.3) is 0 Å². The van der Waals surface area contributed by atoms with E-state index in [1.807, 2.05) is 0 Å². The van der Waals surface area contributed by atoms with E-state index in [0.717, 1.165) is 25.0 Å². The van der Waals surface area contributed by atoms with Crippen LogP contribution in [0.1, 0.15) is 43.2 Å². The van der Waals surface area contributed by atoms with Crippen LogP contribution in [0.25, 0.3) is 0 Å². The molecule has 1 aromatic carbocycles. The Balaban J connectivity index is 1.93. The lowest BCUT2D eigenvalue weighted by Gasteiger charge is -2.23. The van der Waals surface area contributed by atoms with Crippen molar-refractivity contribution in [2.24, 2.45) is 10.7 Å². The molecule has 0 amide bonds. The maximum absolute atomic E-state index is 12.6. The number of hydrogen-bond donors (Lipinski definition) is 2. The number of hydrogen-bond acceptors (Lipinski definition) is 1. The standard InChI is InChI=1S/C15H20F3N3/c16-15(17,18)12-6-4-5-11(9-12)10-20-14(19)21-13-7-2-1-3-8-13/h4-6,9,13H,1-3,7-8,10H2,(H3,19,20,21). The van der Waals surface area contributed by atoms with Gasteiger partial charge < -0.3 is 11.1 Å². The third kappa shape index (κ3) is 4.95. The van der Waals surface area contributed by atoms with E-state index >= 15 is 0 Å². The van der Waals surface area contributed by atoms with Crippen LogP contribution in [-0.4, -0.2) is 12.0 Å². The van der Waals surface area contributed by atoms with Crippen molar-refractivity contribution < 1.29 is 13.2 Å². The average molecular weight is 299 g/mol. The van der Waals surface area contributed by atoms with Gasteiger partial charge in [-0.25, -0.2) is 4.99 Å². The predicted molar refractivity (Wildman–Crippen MR) is 76.8 cm³/mol. The second-order valence-corrected chi connectivity index (χ2v) is 5.38.